The number of nitrogens with two attached hydrogens (primary N) is 1. The van der Waals surface area contributed by atoms with E-state index in [2.05, 4.69) is 10.6 Å². The lowest BCUT2D eigenvalue weighted by atomic mass is 9.54. The van der Waals surface area contributed by atoms with Crippen LogP contribution in [0.15, 0.2) is 18.2 Å². The summed E-state index contributed by atoms with van der Waals surface area (Å²) < 4.78 is 5.70. The number of anilines is 2. The molecule has 1 heterocycles. The number of ether oxygens (including phenoxy) is 1. The van der Waals surface area contributed by atoms with Gasteiger partial charge in [-0.25, -0.2) is 4.79 Å². The second kappa shape index (κ2) is 8.27. The van der Waals surface area contributed by atoms with Crippen molar-refractivity contribution < 1.29 is 14.3 Å². The summed E-state index contributed by atoms with van der Waals surface area (Å²) in [6.45, 7) is 9.59. The predicted octanol–water partition coefficient (Wildman–Crippen LogP) is 2.67. The Morgan fingerprint density at radius 1 is 1.32 bits per heavy atom. The molecule has 1 aromatic carbocycles. The summed E-state index contributed by atoms with van der Waals surface area (Å²) in [6, 6.07) is 5.56. The average Bonchev–Trinajstić information content (AvgIpc) is 3.04. The van der Waals surface area contributed by atoms with Gasteiger partial charge in [0.1, 0.15) is 5.54 Å². The van der Waals surface area contributed by atoms with Crippen molar-refractivity contribution in [3.05, 3.63) is 23.8 Å². The summed E-state index contributed by atoms with van der Waals surface area (Å²) in [7, 11) is 0. The van der Waals surface area contributed by atoms with Crippen LogP contribution >= 0.6 is 12.4 Å². The monoisotopic (exact) mass is 410 g/mol. The number of carbonyl (C=O) groups excluding carboxylic acids is 2. The fourth-order valence-electron chi connectivity index (χ4n) is 3.98. The topological polar surface area (TPSA) is 96.7 Å². The van der Waals surface area contributed by atoms with Crippen molar-refractivity contribution in [2.45, 2.75) is 52.2 Å². The van der Waals surface area contributed by atoms with Gasteiger partial charge in [0.2, 0.25) is 5.91 Å². The molecule has 0 spiro atoms. The molecule has 2 atom stereocenters. The molecule has 0 aromatic heterocycles. The second-order valence-electron chi connectivity index (χ2n) is 7.88. The Labute approximate surface area is 172 Å². The van der Waals surface area contributed by atoms with Crippen LogP contribution in [0, 0.1) is 5.41 Å². The number of nitrogens with one attached hydrogen (secondary N) is 2. The number of fused-ring (bicyclic) bond motifs is 1. The van der Waals surface area contributed by atoms with E-state index in [0.29, 0.717) is 31.8 Å². The lowest BCUT2D eigenvalue weighted by Crippen LogP contribution is -2.74. The van der Waals surface area contributed by atoms with Gasteiger partial charge in [-0.15, -0.1) is 12.4 Å². The Morgan fingerprint density at radius 3 is 2.64 bits per heavy atom. The van der Waals surface area contributed by atoms with Crippen molar-refractivity contribution in [2.75, 3.05) is 29.9 Å². The average molecular weight is 411 g/mol. The van der Waals surface area contributed by atoms with Gasteiger partial charge >= 0.3 is 6.03 Å². The number of rotatable bonds is 5. The summed E-state index contributed by atoms with van der Waals surface area (Å²) in [5.41, 5.74) is 7.61. The number of hydrogen-bond acceptors (Lipinski definition) is 4. The number of hydrogen-bond donors (Lipinski definition) is 3. The highest BCUT2D eigenvalue weighted by Gasteiger charge is 2.62. The minimum Gasteiger partial charge on any atom is -0.378 e. The third-order valence-electron chi connectivity index (χ3n) is 6.05. The highest BCUT2D eigenvalue weighted by Crippen LogP contribution is 2.50. The lowest BCUT2D eigenvalue weighted by molar-refractivity contribution is -0.166. The van der Waals surface area contributed by atoms with Gasteiger partial charge in [-0.3, -0.25) is 9.69 Å². The Hall–Kier alpha value is -1.83. The van der Waals surface area contributed by atoms with Gasteiger partial charge in [-0.1, -0.05) is 19.9 Å². The normalized spacial score (nSPS) is 24.6. The molecular weight excluding hydrogens is 380 g/mol. The van der Waals surface area contributed by atoms with E-state index in [9.17, 15) is 9.59 Å². The number of nitrogens with zero attached hydrogens (tertiary/aromatic N) is 1. The molecule has 0 radical (unpaired) electrons. The maximum absolute atomic E-state index is 12.9. The van der Waals surface area contributed by atoms with Gasteiger partial charge in [-0.05, 0) is 38.0 Å². The highest BCUT2D eigenvalue weighted by atomic mass is 35.5. The molecule has 8 heteroatoms. The number of amides is 3. The third-order valence-corrected chi connectivity index (χ3v) is 6.05. The number of urea groups is 1. The quantitative estimate of drug-likeness (QED) is 0.695. The molecule has 1 aliphatic heterocycles. The fraction of sp³-hybridized carbons (Fsp3) is 0.600. The molecule has 0 bridgehead atoms. The molecule has 1 aliphatic carbocycles. The lowest BCUT2D eigenvalue weighted by Gasteiger charge is -2.57. The molecule has 2 aliphatic rings. The first kappa shape index (κ1) is 22.5. The van der Waals surface area contributed by atoms with E-state index in [-0.39, 0.29) is 30.4 Å². The van der Waals surface area contributed by atoms with Crippen LogP contribution in [0.25, 0.3) is 0 Å². The second-order valence-corrected chi connectivity index (χ2v) is 7.88. The van der Waals surface area contributed by atoms with Gasteiger partial charge in [0.05, 0.1) is 11.8 Å². The number of carbonyl (C=O) groups is 2. The SMILES string of the molecule is CCNC(=O)N1CCc2ccc(NC(=O)C3(N)CC(OCC)C3(C)C)cc21.Cl. The van der Waals surface area contributed by atoms with Gasteiger partial charge in [0.25, 0.3) is 0 Å². The fourth-order valence-corrected chi connectivity index (χ4v) is 3.98. The summed E-state index contributed by atoms with van der Waals surface area (Å²) in [6.07, 6.45) is 1.28. The van der Waals surface area contributed by atoms with E-state index in [0.717, 1.165) is 17.7 Å². The molecule has 1 saturated carbocycles. The first-order valence-corrected chi connectivity index (χ1v) is 9.64. The molecule has 7 nitrogen and oxygen atoms in total. The van der Waals surface area contributed by atoms with Crippen molar-refractivity contribution in [2.24, 2.45) is 11.1 Å². The molecule has 28 heavy (non-hydrogen) atoms. The molecule has 2 unspecified atom stereocenters. The molecule has 1 fully saturated rings. The van der Waals surface area contributed by atoms with Crippen molar-refractivity contribution >= 4 is 35.7 Å². The Kier molecular flexibility index (Phi) is 6.63. The van der Waals surface area contributed by atoms with E-state index in [4.69, 9.17) is 10.5 Å². The van der Waals surface area contributed by atoms with Gasteiger partial charge < -0.3 is 21.1 Å². The molecule has 3 rings (SSSR count). The molecule has 156 valence electrons. The maximum Gasteiger partial charge on any atom is 0.321 e. The smallest absolute Gasteiger partial charge is 0.321 e. The zero-order valence-corrected chi connectivity index (χ0v) is 17.8. The van der Waals surface area contributed by atoms with E-state index in [1.165, 1.54) is 0 Å². The van der Waals surface area contributed by atoms with Gasteiger partial charge in [0.15, 0.2) is 0 Å². The zero-order valence-electron chi connectivity index (χ0n) is 17.0. The van der Waals surface area contributed by atoms with E-state index < -0.39 is 11.0 Å². The first-order chi connectivity index (χ1) is 12.7. The summed E-state index contributed by atoms with van der Waals surface area (Å²) in [4.78, 5) is 26.9. The van der Waals surface area contributed by atoms with Crippen LogP contribution in [0.5, 0.6) is 0 Å². The van der Waals surface area contributed by atoms with Crippen LogP contribution < -0.4 is 21.3 Å². The van der Waals surface area contributed by atoms with E-state index >= 15 is 0 Å². The van der Waals surface area contributed by atoms with Crippen LogP contribution in [0.3, 0.4) is 0 Å². The van der Waals surface area contributed by atoms with Crippen molar-refractivity contribution in [1.29, 1.82) is 0 Å². The van der Waals surface area contributed by atoms with E-state index in [1.54, 1.807) is 4.90 Å². The van der Waals surface area contributed by atoms with Crippen LogP contribution in [-0.4, -0.2) is 43.3 Å². The Balaban J connectivity index is 0.00000280. The minimum atomic E-state index is -0.981. The Bertz CT molecular complexity index is 755. The number of halogens is 1. The zero-order chi connectivity index (χ0) is 19.8. The summed E-state index contributed by atoms with van der Waals surface area (Å²) >= 11 is 0. The molecule has 0 saturated heterocycles. The molecular formula is C20H31ClN4O3. The first-order valence-electron chi connectivity index (χ1n) is 9.64. The van der Waals surface area contributed by atoms with Crippen LogP contribution in [-0.2, 0) is 16.0 Å². The van der Waals surface area contributed by atoms with Crippen molar-refractivity contribution in [1.82, 2.24) is 5.32 Å². The van der Waals surface area contributed by atoms with Crippen molar-refractivity contribution in [3.8, 4) is 0 Å². The van der Waals surface area contributed by atoms with Crippen LogP contribution in [0.1, 0.15) is 39.7 Å². The maximum atomic E-state index is 12.9. The third kappa shape index (κ3) is 3.58. The molecule has 4 N–H and O–H groups in total. The van der Waals surface area contributed by atoms with E-state index in [1.807, 2.05) is 45.9 Å². The molecule has 1 aromatic rings. The van der Waals surface area contributed by atoms with Gasteiger partial charge in [-0.2, -0.15) is 0 Å². The highest BCUT2D eigenvalue weighted by molar-refractivity contribution is 6.01. The van der Waals surface area contributed by atoms with Crippen LogP contribution in [0.2, 0.25) is 0 Å². The Morgan fingerprint density at radius 2 is 2.04 bits per heavy atom. The summed E-state index contributed by atoms with van der Waals surface area (Å²) in [5, 5.41) is 5.77. The number of benzene rings is 1. The van der Waals surface area contributed by atoms with Gasteiger partial charge in [0, 0.05) is 37.2 Å². The van der Waals surface area contributed by atoms with Crippen molar-refractivity contribution in [3.63, 3.8) is 0 Å². The largest absolute Gasteiger partial charge is 0.378 e. The minimum absolute atomic E-state index is 0. The molecule has 3 amide bonds. The van der Waals surface area contributed by atoms with Crippen LogP contribution in [0.4, 0.5) is 16.2 Å². The predicted molar refractivity (Wildman–Crippen MR) is 113 cm³/mol. The standard InChI is InChI=1S/C20H30N4O3.ClH/c1-5-22-18(26)24-10-9-13-7-8-14(11-15(13)24)23-17(25)20(21)12-16(27-6-2)19(20,3)4;/h7-8,11,16H,5-6,9-10,12,21H2,1-4H3,(H,22,26)(H,23,25);1H. The summed E-state index contributed by atoms with van der Waals surface area (Å²) in [5.74, 6) is -0.217.